The summed E-state index contributed by atoms with van der Waals surface area (Å²) in [5.41, 5.74) is 5.57. The third kappa shape index (κ3) is 9.88. The van der Waals surface area contributed by atoms with Crippen molar-refractivity contribution in [2.45, 2.75) is 85.0 Å². The minimum Gasteiger partial charge on any atom is -0.366 e. The van der Waals surface area contributed by atoms with Gasteiger partial charge in [-0.3, -0.25) is 0 Å². The Labute approximate surface area is 139 Å². The molecule has 0 N–H and O–H groups in total. The molecule has 0 atom stereocenters. The number of hydrogen-bond donors (Lipinski definition) is 0. The van der Waals surface area contributed by atoms with E-state index >= 15 is 0 Å². The van der Waals surface area contributed by atoms with Crippen molar-refractivity contribution >= 4 is 8.07 Å². The fourth-order valence-corrected chi connectivity index (χ4v) is 2.25. The number of ether oxygens (including phenoxy) is 1. The van der Waals surface area contributed by atoms with Crippen LogP contribution in [0.2, 0.25) is 19.6 Å². The summed E-state index contributed by atoms with van der Waals surface area (Å²) in [4.78, 5) is 0. The molecule has 0 saturated carbocycles. The zero-order valence-electron chi connectivity index (χ0n) is 15.9. The van der Waals surface area contributed by atoms with Crippen LogP contribution in [0.25, 0.3) is 0 Å². The second kappa shape index (κ2) is 9.93. The Morgan fingerprint density at radius 2 is 1.55 bits per heavy atom. The molecule has 0 fully saturated rings. The lowest BCUT2D eigenvalue weighted by Gasteiger charge is -2.15. The molecule has 0 saturated heterocycles. The highest BCUT2D eigenvalue weighted by Gasteiger charge is 2.12. The highest BCUT2D eigenvalue weighted by Crippen LogP contribution is 2.17. The van der Waals surface area contributed by atoms with Crippen molar-refractivity contribution in [1.29, 1.82) is 0 Å². The van der Waals surface area contributed by atoms with Crippen molar-refractivity contribution < 1.29 is 4.74 Å². The zero-order chi connectivity index (χ0) is 17.2. The summed E-state index contributed by atoms with van der Waals surface area (Å²) < 4.78 is 5.42. The van der Waals surface area contributed by atoms with Crippen molar-refractivity contribution in [3.63, 3.8) is 0 Å². The van der Waals surface area contributed by atoms with E-state index in [9.17, 15) is 0 Å². The lowest BCUT2D eigenvalue weighted by molar-refractivity contribution is 0.0741. The second-order valence-corrected chi connectivity index (χ2v) is 12.0. The maximum Gasteiger partial charge on any atom is 0.129 e. The maximum atomic E-state index is 5.42. The molecule has 0 aliphatic heterocycles. The number of allylic oxidation sites excluding steroid dienone is 2. The average Bonchev–Trinajstić information content (AvgIpc) is 2.43. The van der Waals surface area contributed by atoms with E-state index in [2.05, 4.69) is 56.8 Å². The van der Waals surface area contributed by atoms with Crippen LogP contribution in [0, 0.1) is 23.3 Å². The van der Waals surface area contributed by atoms with Gasteiger partial charge in [0.05, 0.1) is 0 Å². The minimum absolute atomic E-state index is 0.402. The van der Waals surface area contributed by atoms with Crippen LogP contribution in [0.3, 0.4) is 0 Å². The topological polar surface area (TPSA) is 9.23 Å². The molecule has 0 radical (unpaired) electrons. The molecule has 0 aromatic heterocycles. The van der Waals surface area contributed by atoms with E-state index in [1.54, 1.807) is 7.11 Å². The third-order valence-electron chi connectivity index (χ3n) is 3.26. The highest BCUT2D eigenvalue weighted by molar-refractivity contribution is 6.83. The van der Waals surface area contributed by atoms with E-state index in [1.807, 2.05) is 13.8 Å². The van der Waals surface area contributed by atoms with Crippen molar-refractivity contribution in [2.24, 2.45) is 0 Å². The monoisotopic (exact) mass is 318 g/mol. The van der Waals surface area contributed by atoms with Gasteiger partial charge in [-0.25, -0.2) is 0 Å². The number of unbranched alkanes of at least 4 members (excludes halogenated alkanes) is 1. The Hall–Kier alpha value is -0.963. The molecule has 2 heteroatoms. The Morgan fingerprint density at radius 1 is 0.955 bits per heavy atom. The minimum atomic E-state index is -1.36. The SMILES string of the molecule is CCCC/C(C#CC(C)(C)OC)=C(\C#C[Si](C)(C)C)CCC. The number of methoxy groups -OCH3 is 1. The van der Waals surface area contributed by atoms with Gasteiger partial charge >= 0.3 is 0 Å². The molecular formula is C20H34OSi. The molecule has 0 aromatic carbocycles. The van der Waals surface area contributed by atoms with E-state index in [-0.39, 0.29) is 0 Å². The zero-order valence-corrected chi connectivity index (χ0v) is 16.9. The van der Waals surface area contributed by atoms with Crippen LogP contribution in [-0.4, -0.2) is 20.8 Å². The van der Waals surface area contributed by atoms with Crippen LogP contribution in [0.5, 0.6) is 0 Å². The van der Waals surface area contributed by atoms with E-state index in [0.29, 0.717) is 0 Å². The molecule has 0 unspecified atom stereocenters. The molecular weight excluding hydrogens is 284 g/mol. The van der Waals surface area contributed by atoms with Gasteiger partial charge in [-0.15, -0.1) is 5.54 Å². The lowest BCUT2D eigenvalue weighted by Crippen LogP contribution is -2.19. The smallest absolute Gasteiger partial charge is 0.129 e. The third-order valence-corrected chi connectivity index (χ3v) is 4.13. The maximum absolute atomic E-state index is 5.42. The summed E-state index contributed by atoms with van der Waals surface area (Å²) in [5.74, 6) is 10.1. The predicted molar refractivity (Wildman–Crippen MR) is 101 cm³/mol. The van der Waals surface area contributed by atoms with E-state index in [4.69, 9.17) is 4.74 Å². The molecule has 0 aromatic rings. The number of hydrogen-bond acceptors (Lipinski definition) is 1. The van der Waals surface area contributed by atoms with Crippen LogP contribution in [0.15, 0.2) is 11.1 Å². The first-order chi connectivity index (χ1) is 10.1. The molecule has 124 valence electrons. The van der Waals surface area contributed by atoms with Gasteiger partial charge in [0.15, 0.2) is 0 Å². The highest BCUT2D eigenvalue weighted by atomic mass is 28.3. The summed E-state index contributed by atoms with van der Waals surface area (Å²) in [5, 5.41) is 0. The molecule has 0 bridgehead atoms. The van der Waals surface area contributed by atoms with Crippen molar-refractivity contribution in [3.8, 4) is 23.3 Å². The van der Waals surface area contributed by atoms with Gasteiger partial charge in [0.2, 0.25) is 0 Å². The Kier molecular flexibility index (Phi) is 9.50. The van der Waals surface area contributed by atoms with Crippen LogP contribution < -0.4 is 0 Å². The van der Waals surface area contributed by atoms with Gasteiger partial charge < -0.3 is 4.74 Å². The van der Waals surface area contributed by atoms with Crippen molar-refractivity contribution in [1.82, 2.24) is 0 Å². The van der Waals surface area contributed by atoms with E-state index < -0.39 is 13.7 Å². The van der Waals surface area contributed by atoms with Crippen LogP contribution >= 0.6 is 0 Å². The molecule has 1 nitrogen and oxygen atoms in total. The van der Waals surface area contributed by atoms with Gasteiger partial charge in [0, 0.05) is 18.3 Å². The van der Waals surface area contributed by atoms with E-state index in [0.717, 1.165) is 19.3 Å². The van der Waals surface area contributed by atoms with Crippen LogP contribution in [-0.2, 0) is 4.74 Å². The standard InChI is InChI=1S/C20H34OSi/c1-9-11-13-19(14-16-20(3,4)21-5)18(12-10-2)15-17-22(6,7)8/h9-13H2,1-8H3/b19-18+. The van der Waals surface area contributed by atoms with Crippen LogP contribution in [0.4, 0.5) is 0 Å². The average molecular weight is 319 g/mol. The Balaban J connectivity index is 5.73. The van der Waals surface area contributed by atoms with Crippen molar-refractivity contribution in [3.05, 3.63) is 11.1 Å². The second-order valence-electron chi connectivity index (χ2n) is 7.28. The summed E-state index contributed by atoms with van der Waals surface area (Å²) in [7, 11) is 0.350. The summed E-state index contributed by atoms with van der Waals surface area (Å²) >= 11 is 0. The fraction of sp³-hybridized carbons (Fsp3) is 0.700. The summed E-state index contributed by atoms with van der Waals surface area (Å²) in [6.45, 7) is 15.3. The quantitative estimate of drug-likeness (QED) is 0.458. The Bertz CT molecular complexity index is 484. The van der Waals surface area contributed by atoms with Gasteiger partial charge in [-0.1, -0.05) is 64.1 Å². The molecule has 22 heavy (non-hydrogen) atoms. The Morgan fingerprint density at radius 3 is 2.00 bits per heavy atom. The number of rotatable bonds is 6. The molecule has 0 aliphatic carbocycles. The predicted octanol–water partition coefficient (Wildman–Crippen LogP) is 5.58. The molecule has 0 heterocycles. The van der Waals surface area contributed by atoms with E-state index in [1.165, 1.54) is 24.0 Å². The molecule has 0 spiro atoms. The molecule has 0 amide bonds. The molecule has 0 aliphatic rings. The van der Waals surface area contributed by atoms with Gasteiger partial charge in [-0.05, 0) is 33.1 Å². The first-order valence-corrected chi connectivity index (χ1v) is 12.0. The van der Waals surface area contributed by atoms with Gasteiger partial charge in [0.1, 0.15) is 13.7 Å². The summed E-state index contributed by atoms with van der Waals surface area (Å²) in [6, 6.07) is 0. The van der Waals surface area contributed by atoms with Crippen LogP contribution in [0.1, 0.15) is 59.8 Å². The first kappa shape index (κ1) is 21.0. The normalized spacial score (nSPS) is 12.7. The van der Waals surface area contributed by atoms with Gasteiger partial charge in [0.25, 0.3) is 0 Å². The molecule has 0 rings (SSSR count). The largest absolute Gasteiger partial charge is 0.366 e. The summed E-state index contributed by atoms with van der Waals surface area (Å²) in [6.07, 6.45) is 5.51. The lowest BCUT2D eigenvalue weighted by atomic mass is 9.98. The van der Waals surface area contributed by atoms with Gasteiger partial charge in [-0.2, -0.15) is 0 Å². The fourth-order valence-electron chi connectivity index (χ4n) is 1.72. The van der Waals surface area contributed by atoms with Crippen molar-refractivity contribution in [2.75, 3.05) is 7.11 Å². The first-order valence-electron chi connectivity index (χ1n) is 8.48.